The first-order valence-electron chi connectivity index (χ1n) is 5.76. The molecule has 1 aromatic heterocycles. The zero-order chi connectivity index (χ0) is 13.0. The van der Waals surface area contributed by atoms with Crippen LogP contribution in [0.5, 0.6) is 0 Å². The van der Waals surface area contributed by atoms with Gasteiger partial charge in [0.15, 0.2) is 5.03 Å². The van der Waals surface area contributed by atoms with Gasteiger partial charge in [-0.15, -0.1) is 0 Å². The summed E-state index contributed by atoms with van der Waals surface area (Å²) in [5, 5.41) is 5.97. The maximum absolute atomic E-state index is 11.7. The molecule has 0 saturated carbocycles. The van der Waals surface area contributed by atoms with E-state index in [9.17, 15) is 14.4 Å². The number of aromatic amines is 2. The van der Waals surface area contributed by atoms with Gasteiger partial charge in [0.05, 0.1) is 0 Å². The Labute approximate surface area is 107 Å². The van der Waals surface area contributed by atoms with Crippen LogP contribution < -0.4 is 11.2 Å². The van der Waals surface area contributed by atoms with Crippen molar-refractivity contribution >= 4 is 17.7 Å². The van der Waals surface area contributed by atoms with Gasteiger partial charge in [0, 0.05) is 25.3 Å². The van der Waals surface area contributed by atoms with E-state index in [1.165, 1.54) is 11.8 Å². The molecule has 0 unspecified atom stereocenters. The van der Waals surface area contributed by atoms with E-state index in [0.717, 1.165) is 25.9 Å². The smallest absolute Gasteiger partial charge is 0.342 e. The van der Waals surface area contributed by atoms with E-state index >= 15 is 0 Å². The third-order valence-electron chi connectivity index (χ3n) is 2.69. The van der Waals surface area contributed by atoms with Crippen LogP contribution in [-0.4, -0.2) is 44.8 Å². The van der Waals surface area contributed by atoms with Crippen LogP contribution in [-0.2, 0) is 4.79 Å². The van der Waals surface area contributed by atoms with Crippen LogP contribution in [0.1, 0.15) is 19.3 Å². The monoisotopic (exact) mass is 270 g/mol. The van der Waals surface area contributed by atoms with E-state index in [0.29, 0.717) is 12.2 Å². The van der Waals surface area contributed by atoms with Gasteiger partial charge in [-0.25, -0.2) is 9.89 Å². The van der Waals surface area contributed by atoms with Gasteiger partial charge in [-0.05, 0) is 12.8 Å². The SMILES string of the molecule is O=C(CCSc1n[nH]c(=O)[nH]c1=O)N1CCCC1. The number of hydrogen-bond acceptors (Lipinski definition) is 5. The molecule has 0 atom stereocenters. The van der Waals surface area contributed by atoms with Crippen LogP contribution >= 0.6 is 11.8 Å². The summed E-state index contributed by atoms with van der Waals surface area (Å²) in [5.74, 6) is 0.595. The van der Waals surface area contributed by atoms with E-state index in [4.69, 9.17) is 0 Å². The topological polar surface area (TPSA) is 98.9 Å². The minimum Gasteiger partial charge on any atom is -0.343 e. The molecule has 2 rings (SSSR count). The molecule has 1 saturated heterocycles. The van der Waals surface area contributed by atoms with Crippen LogP contribution in [0, 0.1) is 0 Å². The molecule has 7 nitrogen and oxygen atoms in total. The molecule has 1 aromatic rings. The van der Waals surface area contributed by atoms with Crippen LogP contribution in [0.2, 0.25) is 0 Å². The van der Waals surface area contributed by atoms with Crippen molar-refractivity contribution in [1.29, 1.82) is 0 Å². The van der Waals surface area contributed by atoms with Crippen LogP contribution in [0.25, 0.3) is 0 Å². The van der Waals surface area contributed by atoms with Crippen LogP contribution in [0.4, 0.5) is 0 Å². The van der Waals surface area contributed by atoms with Gasteiger partial charge >= 0.3 is 5.69 Å². The number of aromatic nitrogens is 3. The molecule has 1 amide bonds. The van der Waals surface area contributed by atoms with Gasteiger partial charge in [-0.3, -0.25) is 14.6 Å². The lowest BCUT2D eigenvalue weighted by atomic mass is 10.4. The Morgan fingerprint density at radius 3 is 2.72 bits per heavy atom. The number of nitrogens with zero attached hydrogens (tertiary/aromatic N) is 2. The predicted octanol–water partition coefficient (Wildman–Crippen LogP) is -0.437. The minimum absolute atomic E-state index is 0.112. The Balaban J connectivity index is 1.83. The summed E-state index contributed by atoms with van der Waals surface area (Å²) in [6, 6.07) is 0. The van der Waals surface area contributed by atoms with E-state index in [-0.39, 0.29) is 10.9 Å². The number of H-pyrrole nitrogens is 2. The zero-order valence-corrected chi connectivity index (χ0v) is 10.6. The Morgan fingerprint density at radius 2 is 2.06 bits per heavy atom. The van der Waals surface area contributed by atoms with Crippen molar-refractivity contribution in [2.45, 2.75) is 24.3 Å². The third-order valence-corrected chi connectivity index (χ3v) is 3.65. The Kier molecular flexibility index (Phi) is 4.19. The quantitative estimate of drug-likeness (QED) is 0.723. The largest absolute Gasteiger partial charge is 0.343 e. The van der Waals surface area contributed by atoms with Gasteiger partial charge in [0.1, 0.15) is 0 Å². The van der Waals surface area contributed by atoms with Gasteiger partial charge in [0.2, 0.25) is 5.91 Å². The van der Waals surface area contributed by atoms with Gasteiger partial charge < -0.3 is 4.90 Å². The molecule has 1 aliphatic rings. The van der Waals surface area contributed by atoms with Crippen LogP contribution in [0.15, 0.2) is 14.6 Å². The fourth-order valence-corrected chi connectivity index (χ4v) is 2.56. The second-order valence-corrected chi connectivity index (χ2v) is 5.08. The van der Waals surface area contributed by atoms with Crippen molar-refractivity contribution in [2.24, 2.45) is 0 Å². The molecular formula is C10H14N4O3S. The molecule has 0 radical (unpaired) electrons. The number of hydrogen-bond donors (Lipinski definition) is 2. The van der Waals surface area contributed by atoms with Crippen molar-refractivity contribution in [1.82, 2.24) is 20.1 Å². The van der Waals surface area contributed by atoms with E-state index < -0.39 is 11.2 Å². The summed E-state index contributed by atoms with van der Waals surface area (Å²) in [6.07, 6.45) is 2.52. The van der Waals surface area contributed by atoms with Crippen molar-refractivity contribution in [3.8, 4) is 0 Å². The van der Waals surface area contributed by atoms with E-state index in [1.807, 2.05) is 4.90 Å². The molecule has 98 valence electrons. The summed E-state index contributed by atoms with van der Waals surface area (Å²) in [5.41, 5.74) is -1.14. The molecule has 2 N–H and O–H groups in total. The molecule has 0 aromatic carbocycles. The number of amides is 1. The maximum atomic E-state index is 11.7. The fourth-order valence-electron chi connectivity index (χ4n) is 1.79. The van der Waals surface area contributed by atoms with Crippen molar-refractivity contribution < 1.29 is 4.79 Å². The number of rotatable bonds is 4. The summed E-state index contributed by atoms with van der Waals surface area (Å²) < 4.78 is 0. The lowest BCUT2D eigenvalue weighted by Gasteiger charge is -2.14. The summed E-state index contributed by atoms with van der Waals surface area (Å²) in [4.78, 5) is 37.7. The molecule has 0 spiro atoms. The molecule has 2 heterocycles. The van der Waals surface area contributed by atoms with E-state index in [1.54, 1.807) is 0 Å². The van der Waals surface area contributed by atoms with Crippen molar-refractivity contribution in [3.05, 3.63) is 20.8 Å². The van der Waals surface area contributed by atoms with Crippen molar-refractivity contribution in [2.75, 3.05) is 18.8 Å². The normalized spacial score (nSPS) is 15.0. The lowest BCUT2D eigenvalue weighted by Crippen LogP contribution is -2.28. The average Bonchev–Trinajstić information content (AvgIpc) is 2.85. The Hall–Kier alpha value is -1.57. The van der Waals surface area contributed by atoms with Gasteiger partial charge in [0.25, 0.3) is 5.56 Å². The number of nitrogens with one attached hydrogen (secondary N) is 2. The first kappa shape index (κ1) is 12.9. The van der Waals surface area contributed by atoms with Gasteiger partial charge in [-0.2, -0.15) is 5.10 Å². The Morgan fingerprint density at radius 1 is 1.33 bits per heavy atom. The highest BCUT2D eigenvalue weighted by atomic mass is 32.2. The first-order valence-corrected chi connectivity index (χ1v) is 6.75. The second kappa shape index (κ2) is 5.85. The van der Waals surface area contributed by atoms with Gasteiger partial charge in [-0.1, -0.05) is 11.8 Å². The molecular weight excluding hydrogens is 256 g/mol. The summed E-state index contributed by atoms with van der Waals surface area (Å²) >= 11 is 1.17. The zero-order valence-electron chi connectivity index (χ0n) is 9.77. The van der Waals surface area contributed by atoms with E-state index in [2.05, 4.69) is 15.2 Å². The highest BCUT2D eigenvalue weighted by Crippen LogP contribution is 2.13. The first-order chi connectivity index (χ1) is 8.66. The van der Waals surface area contributed by atoms with Crippen LogP contribution in [0.3, 0.4) is 0 Å². The Bertz CT molecular complexity index is 532. The molecule has 18 heavy (non-hydrogen) atoms. The maximum Gasteiger partial charge on any atom is 0.342 e. The molecule has 1 fully saturated rings. The number of likely N-dealkylation sites (tertiary alicyclic amines) is 1. The molecule has 8 heteroatoms. The highest BCUT2D eigenvalue weighted by molar-refractivity contribution is 7.99. The lowest BCUT2D eigenvalue weighted by molar-refractivity contribution is -0.129. The fraction of sp³-hybridized carbons (Fsp3) is 0.600. The molecule has 0 bridgehead atoms. The predicted molar refractivity (Wildman–Crippen MR) is 66.6 cm³/mol. The number of carbonyl (C=O) groups is 1. The minimum atomic E-state index is -0.627. The second-order valence-electron chi connectivity index (χ2n) is 4.00. The number of thioether (sulfide) groups is 1. The highest BCUT2D eigenvalue weighted by Gasteiger charge is 2.17. The average molecular weight is 270 g/mol. The molecule has 0 aliphatic carbocycles. The summed E-state index contributed by atoms with van der Waals surface area (Å²) in [7, 11) is 0. The number of carbonyl (C=O) groups excluding carboxylic acids is 1. The standard InChI is InChI=1S/C10H14N4O3S/c15-7(14-4-1-2-5-14)3-6-18-9-8(16)11-10(17)13-12-9/h1-6H2,(H2,11,13,16,17). The third kappa shape index (κ3) is 3.22. The van der Waals surface area contributed by atoms with Crippen molar-refractivity contribution in [3.63, 3.8) is 0 Å². The summed E-state index contributed by atoms with van der Waals surface area (Å²) in [6.45, 7) is 1.67. The molecule has 1 aliphatic heterocycles.